The highest BCUT2D eigenvalue weighted by molar-refractivity contribution is 5.95. The lowest BCUT2D eigenvalue weighted by atomic mass is 9.90. The molecule has 1 aliphatic rings. The van der Waals surface area contributed by atoms with Gasteiger partial charge in [-0.25, -0.2) is 8.78 Å². The van der Waals surface area contributed by atoms with Crippen molar-refractivity contribution in [2.45, 2.75) is 25.3 Å². The van der Waals surface area contributed by atoms with Crippen molar-refractivity contribution in [1.29, 1.82) is 0 Å². The standard InChI is InChI=1S/C18H18F2N2O3/c1-22-15-5-3-4-14(11(15)6-7-16(22)23)21-18(24)17-12(19)8-10(25-2)9-13(17)20/h6-9,14H,3-5H2,1-2H3,(H,21,24). The Bertz CT molecular complexity index is 869. The molecule has 25 heavy (non-hydrogen) atoms. The average molecular weight is 348 g/mol. The molecule has 3 rings (SSSR count). The number of aromatic nitrogens is 1. The van der Waals surface area contributed by atoms with Crippen LogP contribution in [0, 0.1) is 11.6 Å². The Balaban J connectivity index is 1.91. The molecule has 1 aromatic heterocycles. The molecule has 1 aromatic carbocycles. The third-order valence-electron chi connectivity index (χ3n) is 4.54. The van der Waals surface area contributed by atoms with Crippen molar-refractivity contribution < 1.29 is 18.3 Å². The zero-order chi connectivity index (χ0) is 18.1. The maximum atomic E-state index is 14.1. The predicted octanol–water partition coefficient (Wildman–Crippen LogP) is 2.48. The number of nitrogens with zero attached hydrogens (tertiary/aromatic N) is 1. The molecule has 132 valence electrons. The number of ether oxygens (including phenoxy) is 1. The Labute approximate surface area is 143 Å². The van der Waals surface area contributed by atoms with Crippen molar-refractivity contribution in [3.05, 3.63) is 63.1 Å². The molecule has 1 atom stereocenters. The van der Waals surface area contributed by atoms with Crippen molar-refractivity contribution in [3.8, 4) is 5.75 Å². The highest BCUT2D eigenvalue weighted by Gasteiger charge is 2.26. The Morgan fingerprint density at radius 2 is 1.96 bits per heavy atom. The largest absolute Gasteiger partial charge is 0.497 e. The van der Waals surface area contributed by atoms with Crippen LogP contribution in [0.3, 0.4) is 0 Å². The molecule has 0 saturated heterocycles. The molecule has 2 aromatic rings. The molecule has 7 heteroatoms. The van der Waals surface area contributed by atoms with Crippen LogP contribution in [-0.2, 0) is 13.5 Å². The van der Waals surface area contributed by atoms with Crippen molar-refractivity contribution in [1.82, 2.24) is 9.88 Å². The summed E-state index contributed by atoms with van der Waals surface area (Å²) in [5, 5.41) is 2.68. The van der Waals surface area contributed by atoms with Gasteiger partial charge in [0.15, 0.2) is 0 Å². The number of pyridine rings is 1. The summed E-state index contributed by atoms with van der Waals surface area (Å²) in [7, 11) is 2.96. The number of carbonyl (C=O) groups is 1. The molecule has 0 radical (unpaired) electrons. The number of amides is 1. The topological polar surface area (TPSA) is 60.3 Å². The van der Waals surface area contributed by atoms with Gasteiger partial charge in [-0.15, -0.1) is 0 Å². The van der Waals surface area contributed by atoms with E-state index in [-0.39, 0.29) is 11.3 Å². The average Bonchev–Trinajstić information content (AvgIpc) is 2.57. The summed E-state index contributed by atoms with van der Waals surface area (Å²) in [6, 6.07) is 4.64. The number of carbonyl (C=O) groups excluding carboxylic acids is 1. The number of nitrogens with one attached hydrogen (secondary N) is 1. The van der Waals surface area contributed by atoms with Crippen LogP contribution in [0.4, 0.5) is 8.78 Å². The van der Waals surface area contributed by atoms with Gasteiger partial charge in [0.1, 0.15) is 22.9 Å². The van der Waals surface area contributed by atoms with Crippen LogP contribution in [0.2, 0.25) is 0 Å². The molecule has 0 saturated carbocycles. The monoisotopic (exact) mass is 348 g/mol. The van der Waals surface area contributed by atoms with Gasteiger partial charge in [0.05, 0.1) is 13.2 Å². The van der Waals surface area contributed by atoms with E-state index in [0.717, 1.165) is 36.2 Å². The maximum Gasteiger partial charge on any atom is 0.257 e. The Morgan fingerprint density at radius 3 is 2.60 bits per heavy atom. The van der Waals surface area contributed by atoms with E-state index in [1.807, 2.05) is 0 Å². The van der Waals surface area contributed by atoms with Crippen molar-refractivity contribution in [2.24, 2.45) is 7.05 Å². The van der Waals surface area contributed by atoms with Crippen LogP contribution in [0.5, 0.6) is 5.75 Å². The van der Waals surface area contributed by atoms with Crippen LogP contribution in [0.1, 0.15) is 40.5 Å². The van der Waals surface area contributed by atoms with E-state index in [1.54, 1.807) is 17.7 Å². The van der Waals surface area contributed by atoms with Gasteiger partial charge >= 0.3 is 0 Å². The predicted molar refractivity (Wildman–Crippen MR) is 87.7 cm³/mol. The van der Waals surface area contributed by atoms with Crippen LogP contribution in [0.25, 0.3) is 0 Å². The second-order valence-corrected chi connectivity index (χ2v) is 6.02. The third kappa shape index (κ3) is 3.14. The van der Waals surface area contributed by atoms with E-state index in [4.69, 9.17) is 4.74 Å². The SMILES string of the molecule is COc1cc(F)c(C(=O)NC2CCCc3c2ccc(=O)n3C)c(F)c1. The quantitative estimate of drug-likeness (QED) is 0.927. The summed E-state index contributed by atoms with van der Waals surface area (Å²) in [6.45, 7) is 0. The number of fused-ring (bicyclic) bond motifs is 1. The maximum absolute atomic E-state index is 14.1. The van der Waals surface area contributed by atoms with Gasteiger partial charge in [0, 0.05) is 30.9 Å². The fourth-order valence-electron chi connectivity index (χ4n) is 3.22. The van der Waals surface area contributed by atoms with Gasteiger partial charge in [0.2, 0.25) is 5.56 Å². The minimum atomic E-state index is -0.981. The molecule has 1 amide bonds. The van der Waals surface area contributed by atoms with Crippen LogP contribution in [-0.4, -0.2) is 17.6 Å². The number of halogens is 2. The van der Waals surface area contributed by atoms with Crippen LogP contribution in [0.15, 0.2) is 29.1 Å². The van der Waals surface area contributed by atoms with Gasteiger partial charge < -0.3 is 14.6 Å². The first-order chi connectivity index (χ1) is 11.9. The molecule has 0 spiro atoms. The summed E-state index contributed by atoms with van der Waals surface area (Å²) < 4.78 is 34.5. The van der Waals surface area contributed by atoms with Crippen LogP contribution < -0.4 is 15.6 Å². The Morgan fingerprint density at radius 1 is 1.28 bits per heavy atom. The molecule has 1 aliphatic carbocycles. The molecule has 1 heterocycles. The summed E-state index contributed by atoms with van der Waals surface area (Å²) in [5.74, 6) is -2.79. The minimum absolute atomic E-state index is 0.00422. The smallest absolute Gasteiger partial charge is 0.257 e. The number of hydrogen-bond acceptors (Lipinski definition) is 3. The van der Waals surface area contributed by atoms with E-state index < -0.39 is 29.1 Å². The molecule has 5 nitrogen and oxygen atoms in total. The molecule has 0 aliphatic heterocycles. The second-order valence-electron chi connectivity index (χ2n) is 6.02. The van der Waals surface area contributed by atoms with Gasteiger partial charge in [-0.05, 0) is 30.9 Å². The molecule has 1 unspecified atom stereocenters. The lowest BCUT2D eigenvalue weighted by Crippen LogP contribution is -2.34. The third-order valence-corrected chi connectivity index (χ3v) is 4.54. The highest BCUT2D eigenvalue weighted by Crippen LogP contribution is 2.29. The van der Waals surface area contributed by atoms with Gasteiger partial charge in [-0.1, -0.05) is 0 Å². The number of rotatable bonds is 3. The van der Waals surface area contributed by atoms with E-state index in [1.165, 1.54) is 13.2 Å². The zero-order valence-corrected chi connectivity index (χ0v) is 13.9. The fraction of sp³-hybridized carbons (Fsp3) is 0.333. The normalized spacial score (nSPS) is 16.2. The van der Waals surface area contributed by atoms with E-state index >= 15 is 0 Å². The number of hydrogen-bond donors (Lipinski definition) is 1. The molecule has 0 fully saturated rings. The molecular formula is C18H18F2N2O3. The highest BCUT2D eigenvalue weighted by atomic mass is 19.1. The lowest BCUT2D eigenvalue weighted by Gasteiger charge is -2.27. The van der Waals surface area contributed by atoms with Crippen molar-refractivity contribution in [3.63, 3.8) is 0 Å². The second kappa shape index (κ2) is 6.66. The van der Waals surface area contributed by atoms with Crippen molar-refractivity contribution in [2.75, 3.05) is 7.11 Å². The summed E-state index contributed by atoms with van der Waals surface area (Å²) in [4.78, 5) is 24.2. The van der Waals surface area contributed by atoms with Gasteiger partial charge in [-0.2, -0.15) is 0 Å². The minimum Gasteiger partial charge on any atom is -0.497 e. The van der Waals surface area contributed by atoms with E-state index in [9.17, 15) is 18.4 Å². The van der Waals surface area contributed by atoms with E-state index in [0.29, 0.717) is 6.42 Å². The van der Waals surface area contributed by atoms with Gasteiger partial charge in [-0.3, -0.25) is 9.59 Å². The number of benzene rings is 1. The molecule has 1 N–H and O–H groups in total. The first kappa shape index (κ1) is 17.1. The van der Waals surface area contributed by atoms with Crippen molar-refractivity contribution >= 4 is 5.91 Å². The number of methoxy groups -OCH3 is 1. The first-order valence-electron chi connectivity index (χ1n) is 7.95. The lowest BCUT2D eigenvalue weighted by molar-refractivity contribution is 0.0923. The Hall–Kier alpha value is -2.70. The van der Waals surface area contributed by atoms with Gasteiger partial charge in [0.25, 0.3) is 5.91 Å². The summed E-state index contributed by atoms with van der Waals surface area (Å²) in [5.41, 5.74) is 0.867. The first-order valence-corrected chi connectivity index (χ1v) is 7.95. The molecular weight excluding hydrogens is 330 g/mol. The fourth-order valence-corrected chi connectivity index (χ4v) is 3.22. The van der Waals surface area contributed by atoms with Crippen LogP contribution >= 0.6 is 0 Å². The molecule has 0 bridgehead atoms. The zero-order valence-electron chi connectivity index (χ0n) is 13.9. The summed E-state index contributed by atoms with van der Waals surface area (Å²) in [6.07, 6.45) is 2.12. The van der Waals surface area contributed by atoms with E-state index in [2.05, 4.69) is 5.32 Å². The Kier molecular flexibility index (Phi) is 4.57. The summed E-state index contributed by atoms with van der Waals surface area (Å²) >= 11 is 0.